The van der Waals surface area contributed by atoms with Crippen molar-refractivity contribution in [2.24, 2.45) is 0 Å². The highest BCUT2D eigenvalue weighted by atomic mass is 16.5. The van der Waals surface area contributed by atoms with Gasteiger partial charge < -0.3 is 14.6 Å². The van der Waals surface area contributed by atoms with E-state index in [9.17, 15) is 9.90 Å². The minimum atomic E-state index is -1.76. The van der Waals surface area contributed by atoms with Crippen LogP contribution in [0.5, 0.6) is 11.5 Å². The number of aliphatic hydroxyl groups is 1. The summed E-state index contributed by atoms with van der Waals surface area (Å²) < 4.78 is 10.7. The van der Waals surface area contributed by atoms with Gasteiger partial charge >= 0.3 is 0 Å². The van der Waals surface area contributed by atoms with E-state index in [1.54, 1.807) is 19.2 Å². The molecular formula is C31H28O4. The van der Waals surface area contributed by atoms with Crippen LogP contribution in [0.4, 0.5) is 0 Å². The van der Waals surface area contributed by atoms with E-state index in [1.807, 2.05) is 75.4 Å². The van der Waals surface area contributed by atoms with E-state index in [-0.39, 0.29) is 0 Å². The molecule has 1 unspecified atom stereocenters. The predicted octanol–water partition coefficient (Wildman–Crippen LogP) is 5.24. The maximum atomic E-state index is 11.7. The SMILES string of the molecule is CCOc1ccc(C#CC(O)(C#C/C(=C\C=O)c2ccc(OC)cc2)c2cc(C)cc(C)c2)cc1. The lowest BCUT2D eigenvalue weighted by atomic mass is 9.91. The van der Waals surface area contributed by atoms with Crippen LogP contribution in [0.1, 0.15) is 34.7 Å². The Morgan fingerprint density at radius 1 is 0.943 bits per heavy atom. The van der Waals surface area contributed by atoms with Gasteiger partial charge in [0.25, 0.3) is 0 Å². The fourth-order valence-electron chi connectivity index (χ4n) is 3.53. The number of methoxy groups -OCH3 is 1. The lowest BCUT2D eigenvalue weighted by molar-refractivity contribution is -0.104. The Morgan fingerprint density at radius 2 is 1.57 bits per heavy atom. The summed E-state index contributed by atoms with van der Waals surface area (Å²) in [6.45, 7) is 6.42. The Morgan fingerprint density at radius 3 is 2.14 bits per heavy atom. The molecule has 0 radical (unpaired) electrons. The molecule has 0 saturated carbocycles. The first-order valence-electron chi connectivity index (χ1n) is 11.3. The lowest BCUT2D eigenvalue weighted by Gasteiger charge is -2.18. The van der Waals surface area contributed by atoms with Crippen molar-refractivity contribution in [3.8, 4) is 35.2 Å². The van der Waals surface area contributed by atoms with E-state index in [1.165, 1.54) is 6.08 Å². The average Bonchev–Trinajstić information content (AvgIpc) is 2.86. The van der Waals surface area contributed by atoms with Crippen LogP contribution >= 0.6 is 0 Å². The maximum absolute atomic E-state index is 11.7. The van der Waals surface area contributed by atoms with Crippen molar-refractivity contribution in [1.29, 1.82) is 0 Å². The van der Waals surface area contributed by atoms with E-state index < -0.39 is 5.60 Å². The first-order valence-corrected chi connectivity index (χ1v) is 11.3. The van der Waals surface area contributed by atoms with Gasteiger partial charge in [-0.05, 0) is 80.6 Å². The molecule has 0 aliphatic heterocycles. The number of carbonyl (C=O) groups is 1. The monoisotopic (exact) mass is 464 g/mol. The number of rotatable bonds is 6. The van der Waals surface area contributed by atoms with Crippen LogP contribution in [0.2, 0.25) is 0 Å². The molecule has 0 aliphatic rings. The summed E-state index contributed by atoms with van der Waals surface area (Å²) in [7, 11) is 1.59. The van der Waals surface area contributed by atoms with Crippen LogP contribution in [0.3, 0.4) is 0 Å². The molecule has 35 heavy (non-hydrogen) atoms. The highest BCUT2D eigenvalue weighted by Gasteiger charge is 2.25. The predicted molar refractivity (Wildman–Crippen MR) is 139 cm³/mol. The Balaban J connectivity index is 2.08. The molecule has 3 aromatic rings. The lowest BCUT2D eigenvalue weighted by Crippen LogP contribution is -2.22. The van der Waals surface area contributed by atoms with Gasteiger partial charge in [-0.2, -0.15) is 0 Å². The zero-order valence-corrected chi connectivity index (χ0v) is 20.4. The van der Waals surface area contributed by atoms with Gasteiger partial charge in [-0.1, -0.05) is 53.3 Å². The molecule has 4 nitrogen and oxygen atoms in total. The third kappa shape index (κ3) is 6.87. The standard InChI is InChI=1S/C31H28O4/c1-5-35-30-10-6-25(7-11-30)14-17-31(33,28-21-23(2)20-24(3)22-28)18-15-27(16-19-32)26-8-12-29(34-4)13-9-26/h6-13,16,19-22,33H,5H2,1-4H3/b27-16+. The van der Waals surface area contributed by atoms with Crippen molar-refractivity contribution in [3.63, 3.8) is 0 Å². The summed E-state index contributed by atoms with van der Waals surface area (Å²) in [5, 5.41) is 11.7. The summed E-state index contributed by atoms with van der Waals surface area (Å²) in [5.41, 5.74) is 2.70. The molecule has 3 aromatic carbocycles. The number of ether oxygens (including phenoxy) is 2. The second-order valence-corrected chi connectivity index (χ2v) is 7.99. The van der Waals surface area contributed by atoms with Crippen molar-refractivity contribution in [2.45, 2.75) is 26.4 Å². The summed E-state index contributed by atoms with van der Waals surface area (Å²) in [6.07, 6.45) is 2.05. The molecule has 0 spiro atoms. The van der Waals surface area contributed by atoms with Crippen LogP contribution in [-0.2, 0) is 10.4 Å². The summed E-state index contributed by atoms with van der Waals surface area (Å²) >= 11 is 0. The molecule has 3 rings (SSSR count). The Labute approximate surface area is 207 Å². The van der Waals surface area contributed by atoms with Gasteiger partial charge in [0.2, 0.25) is 5.60 Å². The topological polar surface area (TPSA) is 55.8 Å². The van der Waals surface area contributed by atoms with Crippen LogP contribution in [0.25, 0.3) is 5.57 Å². The summed E-state index contributed by atoms with van der Waals surface area (Å²) in [5.74, 6) is 13.4. The largest absolute Gasteiger partial charge is 0.497 e. The van der Waals surface area contributed by atoms with E-state index in [2.05, 4.69) is 23.7 Å². The minimum absolute atomic E-state index is 0.466. The van der Waals surface area contributed by atoms with E-state index >= 15 is 0 Å². The van der Waals surface area contributed by atoms with Crippen LogP contribution in [0.15, 0.2) is 72.8 Å². The molecule has 0 saturated heterocycles. The van der Waals surface area contributed by atoms with Gasteiger partial charge in [0.1, 0.15) is 17.8 Å². The fraction of sp³-hybridized carbons (Fsp3) is 0.194. The van der Waals surface area contributed by atoms with E-state index in [0.29, 0.717) is 29.8 Å². The first kappa shape index (κ1) is 25.4. The second kappa shape index (κ2) is 11.7. The molecule has 0 heterocycles. The molecule has 0 aromatic heterocycles. The van der Waals surface area contributed by atoms with Gasteiger partial charge in [0.15, 0.2) is 0 Å². The summed E-state index contributed by atoms with van der Waals surface area (Å²) in [6, 6.07) is 20.3. The van der Waals surface area contributed by atoms with E-state index in [4.69, 9.17) is 9.47 Å². The van der Waals surface area contributed by atoms with Crippen LogP contribution < -0.4 is 9.47 Å². The van der Waals surface area contributed by atoms with Crippen molar-refractivity contribution in [3.05, 3.63) is 101 Å². The number of hydrogen-bond acceptors (Lipinski definition) is 4. The van der Waals surface area contributed by atoms with Gasteiger partial charge in [-0.3, -0.25) is 4.79 Å². The Hall–Kier alpha value is -4.25. The molecule has 0 bridgehead atoms. The van der Waals surface area contributed by atoms with Crippen LogP contribution in [0, 0.1) is 37.5 Å². The molecule has 1 atom stereocenters. The number of aldehydes is 1. The van der Waals surface area contributed by atoms with Gasteiger partial charge in [-0.25, -0.2) is 0 Å². The first-order chi connectivity index (χ1) is 16.9. The third-order valence-corrected chi connectivity index (χ3v) is 5.21. The Bertz CT molecular complexity index is 1310. The molecule has 1 N–H and O–H groups in total. The normalized spacial score (nSPS) is 12.3. The number of allylic oxidation sites excluding steroid dienone is 2. The summed E-state index contributed by atoms with van der Waals surface area (Å²) in [4.78, 5) is 11.3. The van der Waals surface area contributed by atoms with Gasteiger partial charge in [-0.15, -0.1) is 0 Å². The van der Waals surface area contributed by atoms with Crippen molar-refractivity contribution in [2.75, 3.05) is 13.7 Å². The van der Waals surface area contributed by atoms with E-state index in [0.717, 1.165) is 28.0 Å². The van der Waals surface area contributed by atoms with Crippen LogP contribution in [-0.4, -0.2) is 25.1 Å². The number of benzene rings is 3. The highest BCUT2D eigenvalue weighted by molar-refractivity contribution is 5.89. The molecular weight excluding hydrogens is 436 g/mol. The second-order valence-electron chi connectivity index (χ2n) is 7.99. The van der Waals surface area contributed by atoms with Crippen molar-refractivity contribution >= 4 is 11.9 Å². The Kier molecular flexibility index (Phi) is 8.52. The molecule has 0 amide bonds. The highest BCUT2D eigenvalue weighted by Crippen LogP contribution is 2.25. The third-order valence-electron chi connectivity index (χ3n) is 5.21. The molecule has 4 heteroatoms. The number of carbonyl (C=O) groups excluding carboxylic acids is 1. The smallest absolute Gasteiger partial charge is 0.214 e. The van der Waals surface area contributed by atoms with Gasteiger partial charge in [0, 0.05) is 16.7 Å². The number of hydrogen-bond donors (Lipinski definition) is 1. The maximum Gasteiger partial charge on any atom is 0.214 e. The quantitative estimate of drug-likeness (QED) is 0.308. The minimum Gasteiger partial charge on any atom is -0.497 e. The zero-order chi connectivity index (χ0) is 25.3. The van der Waals surface area contributed by atoms with Gasteiger partial charge in [0.05, 0.1) is 13.7 Å². The number of aryl methyl sites for hydroxylation is 2. The van der Waals surface area contributed by atoms with Crippen molar-refractivity contribution in [1.82, 2.24) is 0 Å². The van der Waals surface area contributed by atoms with Crippen molar-refractivity contribution < 1.29 is 19.4 Å². The zero-order valence-electron chi connectivity index (χ0n) is 20.4. The average molecular weight is 465 g/mol. The molecule has 0 fully saturated rings. The molecule has 0 aliphatic carbocycles. The molecule has 176 valence electrons. The fourth-order valence-corrected chi connectivity index (χ4v) is 3.53.